The Hall–Kier alpha value is -1.85. The van der Waals surface area contributed by atoms with E-state index >= 15 is 0 Å². The van der Waals surface area contributed by atoms with Crippen LogP contribution in [0.5, 0.6) is 0 Å². The molecule has 0 atom stereocenters. The van der Waals surface area contributed by atoms with Crippen molar-refractivity contribution in [3.63, 3.8) is 0 Å². The molecule has 1 aromatic rings. The van der Waals surface area contributed by atoms with Crippen LogP contribution in [-0.2, 0) is 0 Å². The van der Waals surface area contributed by atoms with E-state index in [1.54, 1.807) is 0 Å². The topological polar surface area (TPSA) is 87.6 Å². The Balaban J connectivity index is 3.36. The Bertz CT molecular complexity index is 453. The third kappa shape index (κ3) is 3.33. The number of rotatable bonds is 6. The summed E-state index contributed by atoms with van der Waals surface area (Å²) in [5.74, 6) is 0.782. The lowest BCUT2D eigenvalue weighted by atomic mass is 10.1. The Morgan fingerprint density at radius 1 is 1.21 bits per heavy atom. The van der Waals surface area contributed by atoms with Crippen molar-refractivity contribution < 1.29 is 5.21 Å². The van der Waals surface area contributed by atoms with Crippen LogP contribution in [0.25, 0.3) is 0 Å². The van der Waals surface area contributed by atoms with Gasteiger partial charge in [0.15, 0.2) is 11.7 Å². The van der Waals surface area contributed by atoms with Crippen LogP contribution in [0.4, 0.5) is 5.82 Å². The standard InChI is InChI=1S/C13H23N5O/c1-5-7-18(8-6-2)13-11(12(14)17-19)9(3)10(4)15-16-13/h19H,5-8H2,1-4H3,(H2,14,17). The first kappa shape index (κ1) is 15.2. The van der Waals surface area contributed by atoms with Gasteiger partial charge in [-0.1, -0.05) is 19.0 Å². The van der Waals surface area contributed by atoms with Gasteiger partial charge >= 0.3 is 0 Å². The second kappa shape index (κ2) is 6.92. The largest absolute Gasteiger partial charge is 0.409 e. The summed E-state index contributed by atoms with van der Waals surface area (Å²) < 4.78 is 0. The van der Waals surface area contributed by atoms with Gasteiger partial charge in [-0.2, -0.15) is 5.10 Å². The van der Waals surface area contributed by atoms with Gasteiger partial charge in [-0.3, -0.25) is 0 Å². The van der Waals surface area contributed by atoms with Gasteiger partial charge in [0.2, 0.25) is 0 Å². The Morgan fingerprint density at radius 3 is 2.26 bits per heavy atom. The first-order valence-electron chi connectivity index (χ1n) is 6.63. The lowest BCUT2D eigenvalue weighted by Crippen LogP contribution is -2.30. The minimum Gasteiger partial charge on any atom is -0.409 e. The van der Waals surface area contributed by atoms with Crippen molar-refractivity contribution in [3.8, 4) is 0 Å². The number of aromatic nitrogens is 2. The van der Waals surface area contributed by atoms with E-state index in [-0.39, 0.29) is 5.84 Å². The molecule has 0 saturated heterocycles. The maximum atomic E-state index is 8.97. The number of nitrogens with zero attached hydrogens (tertiary/aromatic N) is 4. The number of nitrogens with two attached hydrogens (primary N) is 1. The summed E-state index contributed by atoms with van der Waals surface area (Å²) in [6.45, 7) is 9.75. The summed E-state index contributed by atoms with van der Waals surface area (Å²) in [6, 6.07) is 0. The number of anilines is 1. The van der Waals surface area contributed by atoms with Crippen LogP contribution in [0, 0.1) is 13.8 Å². The van der Waals surface area contributed by atoms with Gasteiger partial charge < -0.3 is 15.8 Å². The van der Waals surface area contributed by atoms with Crippen molar-refractivity contribution in [1.82, 2.24) is 10.2 Å². The molecule has 6 heteroatoms. The molecule has 1 rings (SSSR count). The third-order valence-corrected chi connectivity index (χ3v) is 3.09. The van der Waals surface area contributed by atoms with Crippen molar-refractivity contribution in [2.24, 2.45) is 10.9 Å². The summed E-state index contributed by atoms with van der Waals surface area (Å²) in [5.41, 5.74) is 8.17. The Kier molecular flexibility index (Phi) is 5.54. The van der Waals surface area contributed by atoms with Crippen LogP contribution in [0.3, 0.4) is 0 Å². The smallest absolute Gasteiger partial charge is 0.174 e. The van der Waals surface area contributed by atoms with Crippen molar-refractivity contribution in [1.29, 1.82) is 0 Å². The molecule has 1 heterocycles. The number of hydrogen-bond donors (Lipinski definition) is 2. The fourth-order valence-electron chi connectivity index (χ4n) is 2.04. The first-order chi connectivity index (χ1) is 9.06. The highest BCUT2D eigenvalue weighted by molar-refractivity contribution is 6.02. The van der Waals surface area contributed by atoms with E-state index in [9.17, 15) is 0 Å². The number of aryl methyl sites for hydroxylation is 1. The zero-order valence-electron chi connectivity index (χ0n) is 12.1. The first-order valence-corrected chi connectivity index (χ1v) is 6.63. The number of oxime groups is 1. The second-order valence-corrected chi connectivity index (χ2v) is 4.58. The van der Waals surface area contributed by atoms with Gasteiger partial charge in [0, 0.05) is 13.1 Å². The highest BCUT2D eigenvalue weighted by Crippen LogP contribution is 2.22. The monoisotopic (exact) mass is 265 g/mol. The number of hydrogen-bond acceptors (Lipinski definition) is 5. The maximum Gasteiger partial charge on any atom is 0.174 e. The van der Waals surface area contributed by atoms with E-state index in [0.717, 1.165) is 37.2 Å². The third-order valence-electron chi connectivity index (χ3n) is 3.09. The molecule has 0 aliphatic carbocycles. The molecule has 0 aliphatic rings. The van der Waals surface area contributed by atoms with Crippen molar-refractivity contribution in [2.75, 3.05) is 18.0 Å². The van der Waals surface area contributed by atoms with E-state index < -0.39 is 0 Å². The summed E-state index contributed by atoms with van der Waals surface area (Å²) >= 11 is 0. The predicted molar refractivity (Wildman–Crippen MR) is 76.8 cm³/mol. The zero-order chi connectivity index (χ0) is 14.4. The molecule has 1 aromatic heterocycles. The predicted octanol–water partition coefficient (Wildman–Crippen LogP) is 1.81. The van der Waals surface area contributed by atoms with Gasteiger partial charge in [0.05, 0.1) is 11.3 Å². The average Bonchev–Trinajstić information content (AvgIpc) is 2.40. The summed E-state index contributed by atoms with van der Waals surface area (Å²) in [6.07, 6.45) is 2.01. The average molecular weight is 265 g/mol. The normalized spacial score (nSPS) is 11.7. The molecule has 0 aliphatic heterocycles. The molecule has 3 N–H and O–H groups in total. The highest BCUT2D eigenvalue weighted by Gasteiger charge is 2.19. The Morgan fingerprint density at radius 2 is 1.79 bits per heavy atom. The van der Waals surface area contributed by atoms with E-state index in [1.165, 1.54) is 0 Å². The molecule has 0 spiro atoms. The van der Waals surface area contributed by atoms with Crippen LogP contribution < -0.4 is 10.6 Å². The minimum absolute atomic E-state index is 0.0858. The molecule has 0 saturated carbocycles. The van der Waals surface area contributed by atoms with E-state index in [0.29, 0.717) is 11.4 Å². The fraction of sp³-hybridized carbons (Fsp3) is 0.615. The maximum absolute atomic E-state index is 8.97. The van der Waals surface area contributed by atoms with Gasteiger partial charge in [-0.05, 0) is 32.3 Å². The fourth-order valence-corrected chi connectivity index (χ4v) is 2.04. The second-order valence-electron chi connectivity index (χ2n) is 4.58. The highest BCUT2D eigenvalue weighted by atomic mass is 16.4. The van der Waals surface area contributed by atoms with Gasteiger partial charge in [-0.25, -0.2) is 0 Å². The summed E-state index contributed by atoms with van der Waals surface area (Å²) in [7, 11) is 0. The molecular formula is C13H23N5O. The molecule has 106 valence electrons. The van der Waals surface area contributed by atoms with Gasteiger partial charge in [-0.15, -0.1) is 5.10 Å². The molecule has 0 radical (unpaired) electrons. The molecule has 0 bridgehead atoms. The molecule has 0 aromatic carbocycles. The SMILES string of the molecule is CCCN(CCC)c1nnc(C)c(C)c1/C(N)=N/O. The summed E-state index contributed by atoms with van der Waals surface area (Å²) in [4.78, 5) is 2.13. The molecule has 0 amide bonds. The Labute approximate surface area is 114 Å². The molecule has 6 nitrogen and oxygen atoms in total. The minimum atomic E-state index is 0.0858. The van der Waals surface area contributed by atoms with E-state index in [1.807, 2.05) is 13.8 Å². The van der Waals surface area contributed by atoms with E-state index in [4.69, 9.17) is 10.9 Å². The quantitative estimate of drug-likeness (QED) is 0.354. The lowest BCUT2D eigenvalue weighted by Gasteiger charge is -2.25. The van der Waals surface area contributed by atoms with Crippen molar-refractivity contribution in [3.05, 3.63) is 16.8 Å². The zero-order valence-corrected chi connectivity index (χ0v) is 12.1. The molecule has 0 unspecified atom stereocenters. The van der Waals surface area contributed by atoms with Crippen LogP contribution in [0.15, 0.2) is 5.16 Å². The van der Waals surface area contributed by atoms with Crippen LogP contribution in [-0.4, -0.2) is 34.3 Å². The van der Waals surface area contributed by atoms with Gasteiger partial charge in [0.1, 0.15) is 0 Å². The van der Waals surface area contributed by atoms with Crippen molar-refractivity contribution >= 4 is 11.7 Å². The van der Waals surface area contributed by atoms with Crippen LogP contribution in [0.1, 0.15) is 43.5 Å². The molecule has 0 fully saturated rings. The van der Waals surface area contributed by atoms with E-state index in [2.05, 4.69) is 34.1 Å². The van der Waals surface area contributed by atoms with Crippen LogP contribution >= 0.6 is 0 Å². The van der Waals surface area contributed by atoms with Crippen molar-refractivity contribution in [2.45, 2.75) is 40.5 Å². The molecule has 19 heavy (non-hydrogen) atoms. The van der Waals surface area contributed by atoms with Gasteiger partial charge in [0.25, 0.3) is 0 Å². The molecular weight excluding hydrogens is 242 g/mol. The lowest BCUT2D eigenvalue weighted by molar-refractivity contribution is 0.318. The summed E-state index contributed by atoms with van der Waals surface area (Å²) in [5, 5.41) is 20.5. The number of amidine groups is 1. The van der Waals surface area contributed by atoms with Crippen LogP contribution in [0.2, 0.25) is 0 Å².